The van der Waals surface area contributed by atoms with Gasteiger partial charge in [0, 0.05) is 19.5 Å². The molecule has 0 aromatic heterocycles. The summed E-state index contributed by atoms with van der Waals surface area (Å²) in [6.45, 7) is 3.72. The molecule has 0 atom stereocenters. The number of rotatable bonds is 10. The first kappa shape index (κ1) is 23.1. The second kappa shape index (κ2) is 11.2. The highest BCUT2D eigenvalue weighted by molar-refractivity contribution is 7.89. The number of anilines is 1. The summed E-state index contributed by atoms with van der Waals surface area (Å²) < 4.78 is 38.7. The van der Waals surface area contributed by atoms with Crippen LogP contribution in [-0.4, -0.2) is 44.9 Å². The van der Waals surface area contributed by atoms with Crippen molar-refractivity contribution in [2.24, 2.45) is 0 Å². The van der Waals surface area contributed by atoms with Gasteiger partial charge in [-0.25, -0.2) is 8.42 Å². The fraction of sp³-hybridized carbons (Fsp3) is 0.435. The number of ether oxygens (including phenoxy) is 2. The Balaban J connectivity index is 1.64. The number of carbonyl (C=O) groups is 1. The third kappa shape index (κ3) is 6.45. The van der Waals surface area contributed by atoms with E-state index in [2.05, 4.69) is 5.32 Å². The average Bonchev–Trinajstić information content (AvgIpc) is 2.79. The second-order valence-corrected chi connectivity index (χ2v) is 9.31. The summed E-state index contributed by atoms with van der Waals surface area (Å²) in [7, 11) is -3.60. The zero-order valence-electron chi connectivity index (χ0n) is 17.9. The van der Waals surface area contributed by atoms with Gasteiger partial charge in [-0.15, -0.1) is 0 Å². The molecule has 0 bridgehead atoms. The Bertz CT molecular complexity index is 957. The fourth-order valence-corrected chi connectivity index (χ4v) is 5.00. The number of nitrogens with one attached hydrogen (secondary N) is 1. The van der Waals surface area contributed by atoms with E-state index in [9.17, 15) is 13.2 Å². The van der Waals surface area contributed by atoms with Crippen LogP contribution in [0, 0.1) is 0 Å². The highest BCUT2D eigenvalue weighted by Crippen LogP contribution is 2.30. The van der Waals surface area contributed by atoms with Crippen molar-refractivity contribution in [1.82, 2.24) is 4.31 Å². The van der Waals surface area contributed by atoms with Crippen molar-refractivity contribution in [1.29, 1.82) is 0 Å². The number of nitrogens with zero attached hydrogens (tertiary/aromatic N) is 1. The lowest BCUT2D eigenvalue weighted by molar-refractivity contribution is -0.116. The Morgan fingerprint density at radius 1 is 1.03 bits per heavy atom. The molecule has 0 radical (unpaired) electrons. The third-order valence-corrected chi connectivity index (χ3v) is 6.93. The van der Waals surface area contributed by atoms with Gasteiger partial charge >= 0.3 is 0 Å². The molecule has 1 fully saturated rings. The maximum atomic E-state index is 13.0. The number of amides is 1. The Kier molecular flexibility index (Phi) is 8.31. The number of para-hydroxylation sites is 1. The standard InChI is InChI=1S/C23H30N2O5S/c1-2-29-22-14-13-20(31(27,28)25-15-7-4-8-16-25)18-21(22)24-23(26)12-9-17-30-19-10-5-3-6-11-19/h3,5-6,10-11,13-14,18H,2,4,7-9,12,15-17H2,1H3,(H,24,26). The van der Waals surface area contributed by atoms with Gasteiger partial charge in [0.05, 0.1) is 23.8 Å². The average molecular weight is 447 g/mol. The lowest BCUT2D eigenvalue weighted by Crippen LogP contribution is -2.35. The van der Waals surface area contributed by atoms with Crippen LogP contribution in [-0.2, 0) is 14.8 Å². The minimum Gasteiger partial charge on any atom is -0.494 e. The molecule has 3 rings (SSSR count). The van der Waals surface area contributed by atoms with Gasteiger partial charge in [0.1, 0.15) is 11.5 Å². The van der Waals surface area contributed by atoms with Crippen molar-refractivity contribution >= 4 is 21.6 Å². The van der Waals surface area contributed by atoms with Crippen molar-refractivity contribution in [2.45, 2.75) is 43.9 Å². The lowest BCUT2D eigenvalue weighted by Gasteiger charge is -2.26. The van der Waals surface area contributed by atoms with Crippen LogP contribution in [0.25, 0.3) is 0 Å². The smallest absolute Gasteiger partial charge is 0.243 e. The van der Waals surface area contributed by atoms with Gasteiger partial charge in [-0.05, 0) is 56.5 Å². The van der Waals surface area contributed by atoms with E-state index >= 15 is 0 Å². The number of hydrogen-bond acceptors (Lipinski definition) is 5. The molecule has 0 spiro atoms. The topological polar surface area (TPSA) is 84.9 Å². The minimum absolute atomic E-state index is 0.167. The molecule has 1 saturated heterocycles. The van der Waals surface area contributed by atoms with Crippen LogP contribution in [0.4, 0.5) is 5.69 Å². The molecule has 1 N–H and O–H groups in total. The molecule has 7 nitrogen and oxygen atoms in total. The van der Waals surface area contributed by atoms with Crippen LogP contribution in [0.3, 0.4) is 0 Å². The Morgan fingerprint density at radius 2 is 1.77 bits per heavy atom. The molecule has 2 aromatic carbocycles. The van der Waals surface area contributed by atoms with Crippen LogP contribution in [0.15, 0.2) is 53.4 Å². The van der Waals surface area contributed by atoms with Crippen LogP contribution in [0.5, 0.6) is 11.5 Å². The molecule has 2 aromatic rings. The molecule has 1 amide bonds. The predicted octanol–water partition coefficient (Wildman–Crippen LogP) is 4.06. The Labute approximate surface area is 184 Å². The number of sulfonamides is 1. The van der Waals surface area contributed by atoms with Crippen LogP contribution in [0.1, 0.15) is 39.0 Å². The molecule has 1 aliphatic heterocycles. The summed E-state index contributed by atoms with van der Waals surface area (Å²) in [5.41, 5.74) is 0.369. The van der Waals surface area contributed by atoms with Crippen molar-refractivity contribution in [3.63, 3.8) is 0 Å². The first-order chi connectivity index (χ1) is 15.0. The molecular weight excluding hydrogens is 416 g/mol. The van der Waals surface area contributed by atoms with E-state index < -0.39 is 10.0 Å². The molecule has 0 unspecified atom stereocenters. The third-order valence-electron chi connectivity index (χ3n) is 5.04. The van der Waals surface area contributed by atoms with Crippen molar-refractivity contribution in [3.05, 3.63) is 48.5 Å². The zero-order chi connectivity index (χ0) is 22.1. The Hall–Kier alpha value is -2.58. The second-order valence-electron chi connectivity index (χ2n) is 7.37. The van der Waals surface area contributed by atoms with Crippen LogP contribution < -0.4 is 14.8 Å². The summed E-state index contributed by atoms with van der Waals surface area (Å²) in [5.74, 6) is 0.997. The zero-order valence-corrected chi connectivity index (χ0v) is 18.7. The van der Waals surface area contributed by atoms with E-state index in [1.807, 2.05) is 37.3 Å². The van der Waals surface area contributed by atoms with Gasteiger partial charge < -0.3 is 14.8 Å². The molecular formula is C23H30N2O5S. The molecule has 8 heteroatoms. The first-order valence-electron chi connectivity index (χ1n) is 10.8. The summed E-state index contributed by atoms with van der Waals surface area (Å²) in [5, 5.41) is 2.81. The van der Waals surface area contributed by atoms with Gasteiger partial charge in [0.15, 0.2) is 0 Å². The SMILES string of the molecule is CCOc1ccc(S(=O)(=O)N2CCCCC2)cc1NC(=O)CCCOc1ccccc1. The lowest BCUT2D eigenvalue weighted by atomic mass is 10.2. The molecule has 1 aliphatic rings. The fourth-order valence-electron chi connectivity index (χ4n) is 3.46. The monoisotopic (exact) mass is 446 g/mol. The first-order valence-corrected chi connectivity index (χ1v) is 12.2. The Morgan fingerprint density at radius 3 is 2.48 bits per heavy atom. The van der Waals surface area contributed by atoms with Gasteiger partial charge in [-0.1, -0.05) is 24.6 Å². The summed E-state index contributed by atoms with van der Waals surface area (Å²) in [6.07, 6.45) is 3.57. The van der Waals surface area contributed by atoms with E-state index in [4.69, 9.17) is 9.47 Å². The van der Waals surface area contributed by atoms with Crippen LogP contribution >= 0.6 is 0 Å². The van der Waals surface area contributed by atoms with E-state index in [1.54, 1.807) is 6.07 Å². The van der Waals surface area contributed by atoms with Crippen molar-refractivity contribution < 1.29 is 22.7 Å². The molecule has 31 heavy (non-hydrogen) atoms. The van der Waals surface area contributed by atoms with Gasteiger partial charge in [0.25, 0.3) is 0 Å². The highest BCUT2D eigenvalue weighted by atomic mass is 32.2. The van der Waals surface area contributed by atoms with E-state index in [0.717, 1.165) is 25.0 Å². The maximum Gasteiger partial charge on any atom is 0.243 e. The quantitative estimate of drug-likeness (QED) is 0.557. The normalized spacial score (nSPS) is 14.7. The van der Waals surface area contributed by atoms with E-state index in [1.165, 1.54) is 16.4 Å². The van der Waals surface area contributed by atoms with E-state index in [-0.39, 0.29) is 17.2 Å². The summed E-state index contributed by atoms with van der Waals surface area (Å²) in [4.78, 5) is 12.6. The molecule has 1 heterocycles. The molecule has 0 aliphatic carbocycles. The highest BCUT2D eigenvalue weighted by Gasteiger charge is 2.27. The number of hydrogen-bond donors (Lipinski definition) is 1. The minimum atomic E-state index is -3.60. The van der Waals surface area contributed by atoms with Crippen molar-refractivity contribution in [3.8, 4) is 11.5 Å². The summed E-state index contributed by atoms with van der Waals surface area (Å²) >= 11 is 0. The van der Waals surface area contributed by atoms with Crippen molar-refractivity contribution in [2.75, 3.05) is 31.6 Å². The molecule has 0 saturated carbocycles. The molecule has 168 valence electrons. The number of piperidine rings is 1. The maximum absolute atomic E-state index is 13.0. The summed E-state index contributed by atoms with van der Waals surface area (Å²) in [6, 6.07) is 14.1. The largest absolute Gasteiger partial charge is 0.494 e. The predicted molar refractivity (Wildman–Crippen MR) is 120 cm³/mol. The van der Waals surface area contributed by atoms with Gasteiger partial charge in [-0.2, -0.15) is 4.31 Å². The van der Waals surface area contributed by atoms with E-state index in [0.29, 0.717) is 44.2 Å². The number of carbonyl (C=O) groups excluding carboxylic acids is 1. The van der Waals surface area contributed by atoms with Crippen LogP contribution in [0.2, 0.25) is 0 Å². The van der Waals surface area contributed by atoms with Gasteiger partial charge in [0.2, 0.25) is 15.9 Å². The van der Waals surface area contributed by atoms with Gasteiger partial charge in [-0.3, -0.25) is 4.79 Å². The number of benzene rings is 2.